The Bertz CT molecular complexity index is 378. The van der Waals surface area contributed by atoms with Gasteiger partial charge in [0.15, 0.2) is 0 Å². The fourth-order valence-electron chi connectivity index (χ4n) is 2.65. The summed E-state index contributed by atoms with van der Waals surface area (Å²) in [5.41, 5.74) is 0.266. The van der Waals surface area contributed by atoms with Gasteiger partial charge in [0.1, 0.15) is 0 Å². The molecule has 0 spiro atoms. The van der Waals surface area contributed by atoms with Crippen molar-refractivity contribution in [2.45, 2.75) is 31.0 Å². The third-order valence-electron chi connectivity index (χ3n) is 3.96. The zero-order valence-electron chi connectivity index (χ0n) is 10.6. The Morgan fingerprint density at radius 1 is 1.22 bits per heavy atom. The fourth-order valence-corrected chi connectivity index (χ4v) is 2.65. The number of hydrogen-bond acceptors (Lipinski definition) is 4. The lowest BCUT2D eigenvalue weighted by molar-refractivity contribution is -0.0362. The van der Waals surface area contributed by atoms with Crippen molar-refractivity contribution < 1.29 is 15.3 Å². The van der Waals surface area contributed by atoms with E-state index in [1.807, 2.05) is 37.3 Å². The van der Waals surface area contributed by atoms with Crippen molar-refractivity contribution in [1.82, 2.24) is 5.32 Å². The highest BCUT2D eigenvalue weighted by Crippen LogP contribution is 2.35. The molecule has 100 valence electrons. The lowest BCUT2D eigenvalue weighted by Crippen LogP contribution is -2.61. The molecule has 4 heteroatoms. The quantitative estimate of drug-likeness (QED) is 0.629. The number of hydrogen-bond donors (Lipinski definition) is 4. The van der Waals surface area contributed by atoms with E-state index in [-0.39, 0.29) is 25.2 Å². The van der Waals surface area contributed by atoms with Gasteiger partial charge in [-0.3, -0.25) is 5.32 Å². The van der Waals surface area contributed by atoms with E-state index < -0.39 is 11.6 Å². The lowest BCUT2D eigenvalue weighted by atomic mass is 9.77. The van der Waals surface area contributed by atoms with Crippen LogP contribution in [0.25, 0.3) is 0 Å². The van der Waals surface area contributed by atoms with Crippen molar-refractivity contribution >= 4 is 0 Å². The third-order valence-corrected chi connectivity index (χ3v) is 3.96. The van der Waals surface area contributed by atoms with Gasteiger partial charge < -0.3 is 15.3 Å². The normalized spacial score (nSPS) is 31.2. The Kier molecular flexibility index (Phi) is 4.02. The molecule has 18 heavy (non-hydrogen) atoms. The summed E-state index contributed by atoms with van der Waals surface area (Å²) in [5, 5.41) is 32.4. The average Bonchev–Trinajstić information content (AvgIpc) is 2.43. The first-order valence-corrected chi connectivity index (χ1v) is 6.34. The van der Waals surface area contributed by atoms with Crippen LogP contribution < -0.4 is 5.32 Å². The molecule has 4 N–H and O–H groups in total. The molecule has 1 fully saturated rings. The maximum absolute atomic E-state index is 10.1. The first-order chi connectivity index (χ1) is 8.62. The minimum atomic E-state index is -0.799. The van der Waals surface area contributed by atoms with Crippen LogP contribution in [0.1, 0.15) is 24.9 Å². The molecular weight excluding hydrogens is 230 g/mol. The second kappa shape index (κ2) is 5.36. The summed E-state index contributed by atoms with van der Waals surface area (Å²) in [5.74, 6) is 0.0404. The number of benzene rings is 1. The van der Waals surface area contributed by atoms with Crippen LogP contribution in [0, 0.1) is 5.92 Å². The Balaban J connectivity index is 2.28. The van der Waals surface area contributed by atoms with Gasteiger partial charge in [0, 0.05) is 12.0 Å². The standard InChI is InChI=1S/C14H21NO3/c1-10-12(18)7-14(8-16,9-17)15-13(10)11-5-3-2-4-6-11/h2-6,10,12-13,15-18H,7-9H2,1H3/t10-,12-,13+/m1/s1. The van der Waals surface area contributed by atoms with Crippen LogP contribution >= 0.6 is 0 Å². The van der Waals surface area contributed by atoms with E-state index in [1.165, 1.54) is 0 Å². The van der Waals surface area contributed by atoms with Crippen LogP contribution in [-0.4, -0.2) is 40.2 Å². The van der Waals surface area contributed by atoms with Crippen LogP contribution in [0.5, 0.6) is 0 Å². The van der Waals surface area contributed by atoms with Crippen molar-refractivity contribution in [2.75, 3.05) is 13.2 Å². The summed E-state index contributed by atoms with van der Waals surface area (Å²) in [6.07, 6.45) is -0.166. The summed E-state index contributed by atoms with van der Waals surface area (Å²) in [4.78, 5) is 0. The Hall–Kier alpha value is -0.940. The molecule has 2 rings (SSSR count). The number of piperidine rings is 1. The predicted octanol–water partition coefficient (Wildman–Crippen LogP) is 0.441. The smallest absolute Gasteiger partial charge is 0.0677 e. The fraction of sp³-hybridized carbons (Fsp3) is 0.571. The lowest BCUT2D eigenvalue weighted by Gasteiger charge is -2.46. The molecule has 1 aliphatic rings. The largest absolute Gasteiger partial charge is 0.394 e. The monoisotopic (exact) mass is 251 g/mol. The minimum absolute atomic E-state index is 0.0404. The summed E-state index contributed by atoms with van der Waals surface area (Å²) >= 11 is 0. The van der Waals surface area contributed by atoms with Crippen LogP contribution in [0.4, 0.5) is 0 Å². The van der Waals surface area contributed by atoms with Crippen LogP contribution in [0.3, 0.4) is 0 Å². The van der Waals surface area contributed by atoms with Gasteiger partial charge in [-0.2, -0.15) is 0 Å². The van der Waals surface area contributed by atoms with Crippen molar-refractivity contribution in [1.29, 1.82) is 0 Å². The van der Waals surface area contributed by atoms with E-state index in [4.69, 9.17) is 0 Å². The molecule has 1 aromatic rings. The molecular formula is C14H21NO3. The topological polar surface area (TPSA) is 72.7 Å². The van der Waals surface area contributed by atoms with Crippen LogP contribution in [-0.2, 0) is 0 Å². The highest BCUT2D eigenvalue weighted by Gasteiger charge is 2.43. The maximum atomic E-state index is 10.1. The molecule has 1 saturated heterocycles. The molecule has 1 heterocycles. The van der Waals surface area contributed by atoms with Crippen LogP contribution in [0.2, 0.25) is 0 Å². The van der Waals surface area contributed by atoms with Gasteiger partial charge in [0.2, 0.25) is 0 Å². The van der Waals surface area contributed by atoms with Gasteiger partial charge >= 0.3 is 0 Å². The van der Waals surface area contributed by atoms with Gasteiger partial charge in [-0.15, -0.1) is 0 Å². The average molecular weight is 251 g/mol. The molecule has 0 bridgehead atoms. The third kappa shape index (κ3) is 2.42. The van der Waals surface area contributed by atoms with Gasteiger partial charge in [0.25, 0.3) is 0 Å². The molecule has 0 aromatic heterocycles. The molecule has 1 aromatic carbocycles. The van der Waals surface area contributed by atoms with E-state index in [9.17, 15) is 15.3 Å². The number of nitrogens with one attached hydrogen (secondary N) is 1. The SMILES string of the molecule is C[C@@H]1[C@H](O)CC(CO)(CO)N[C@@H]1c1ccccc1. The maximum Gasteiger partial charge on any atom is 0.0677 e. The second-order valence-electron chi connectivity index (χ2n) is 5.26. The molecule has 0 radical (unpaired) electrons. The molecule has 0 aliphatic carbocycles. The van der Waals surface area contributed by atoms with Crippen LogP contribution in [0.15, 0.2) is 30.3 Å². The molecule has 0 unspecified atom stereocenters. The summed E-state index contributed by atoms with van der Waals surface area (Å²) in [6, 6.07) is 9.76. The van der Waals surface area contributed by atoms with Gasteiger partial charge in [0.05, 0.1) is 24.9 Å². The second-order valence-corrected chi connectivity index (χ2v) is 5.26. The molecule has 0 saturated carbocycles. The Morgan fingerprint density at radius 3 is 2.39 bits per heavy atom. The van der Waals surface area contributed by atoms with Gasteiger partial charge in [-0.1, -0.05) is 37.3 Å². The van der Waals surface area contributed by atoms with E-state index >= 15 is 0 Å². The number of rotatable bonds is 3. The van der Waals surface area contributed by atoms with Crippen molar-refractivity contribution in [3.63, 3.8) is 0 Å². The van der Waals surface area contributed by atoms with Gasteiger partial charge in [-0.25, -0.2) is 0 Å². The van der Waals surface area contributed by atoms with E-state index in [2.05, 4.69) is 5.32 Å². The molecule has 3 atom stereocenters. The highest BCUT2D eigenvalue weighted by atomic mass is 16.3. The Labute approximate surface area is 107 Å². The summed E-state index contributed by atoms with van der Waals surface area (Å²) in [6.45, 7) is 1.61. The zero-order valence-corrected chi connectivity index (χ0v) is 10.6. The first-order valence-electron chi connectivity index (χ1n) is 6.34. The van der Waals surface area contributed by atoms with Gasteiger partial charge in [-0.05, 0) is 12.0 Å². The molecule has 1 aliphatic heterocycles. The molecule has 0 amide bonds. The van der Waals surface area contributed by atoms with Crippen molar-refractivity contribution in [3.05, 3.63) is 35.9 Å². The number of aliphatic hydroxyl groups excluding tert-OH is 3. The minimum Gasteiger partial charge on any atom is -0.394 e. The van der Waals surface area contributed by atoms with E-state index in [0.29, 0.717) is 6.42 Å². The zero-order chi connectivity index (χ0) is 13.2. The predicted molar refractivity (Wildman–Crippen MR) is 69.0 cm³/mol. The summed E-state index contributed by atoms with van der Waals surface area (Å²) < 4.78 is 0. The van der Waals surface area contributed by atoms with E-state index in [1.54, 1.807) is 0 Å². The molecule has 4 nitrogen and oxygen atoms in total. The van der Waals surface area contributed by atoms with E-state index in [0.717, 1.165) is 5.56 Å². The Morgan fingerprint density at radius 2 is 1.83 bits per heavy atom. The summed E-state index contributed by atoms with van der Waals surface area (Å²) in [7, 11) is 0. The van der Waals surface area contributed by atoms with Crippen molar-refractivity contribution in [3.8, 4) is 0 Å². The first kappa shape index (κ1) is 13.5. The number of aliphatic hydroxyl groups is 3. The van der Waals surface area contributed by atoms with Crippen molar-refractivity contribution in [2.24, 2.45) is 5.92 Å². The highest BCUT2D eigenvalue weighted by molar-refractivity contribution is 5.22.